The van der Waals surface area contributed by atoms with Crippen LogP contribution in [0.2, 0.25) is 0 Å². The summed E-state index contributed by atoms with van der Waals surface area (Å²) in [5.74, 6) is -7.83. The van der Waals surface area contributed by atoms with E-state index in [2.05, 4.69) is 57.2 Å². The highest BCUT2D eigenvalue weighted by molar-refractivity contribution is 5.99. The van der Waals surface area contributed by atoms with Crippen molar-refractivity contribution >= 4 is 81.9 Å². The molecule has 4 rings (SSSR count). The topological polar surface area (TPSA) is 504 Å². The van der Waals surface area contributed by atoms with Gasteiger partial charge in [-0.25, -0.2) is 0 Å². The molecule has 1 aliphatic heterocycles. The highest BCUT2D eigenvalue weighted by atomic mass is 16.2. The fraction of sp³-hybridized carbons (Fsp3) is 0.451. The molecule has 0 aliphatic carbocycles. The molecule has 28 heteroatoms. The number of benzene rings is 3. The molecule has 8 amide bonds. The third-order valence-electron chi connectivity index (χ3n) is 12.4. The molecule has 0 bridgehead atoms. The van der Waals surface area contributed by atoms with Crippen molar-refractivity contribution in [1.29, 1.82) is 0 Å². The summed E-state index contributed by atoms with van der Waals surface area (Å²) < 4.78 is 0. The molecule has 0 unspecified atom stereocenters. The number of guanidine groups is 4. The van der Waals surface area contributed by atoms with Gasteiger partial charge in [-0.3, -0.25) is 58.3 Å². The fourth-order valence-corrected chi connectivity index (χ4v) is 8.42. The van der Waals surface area contributed by atoms with E-state index in [1.165, 1.54) is 0 Å². The van der Waals surface area contributed by atoms with Crippen molar-refractivity contribution in [2.24, 2.45) is 71.6 Å². The van der Waals surface area contributed by atoms with Crippen LogP contribution in [0.25, 0.3) is 10.8 Å². The number of hydrogen-bond acceptors (Lipinski definition) is 12. The molecule has 28 nitrogen and oxygen atoms in total. The number of aliphatic imine (C=N–C) groups is 4. The van der Waals surface area contributed by atoms with Crippen molar-refractivity contribution in [3.63, 3.8) is 0 Å². The second-order valence-electron chi connectivity index (χ2n) is 18.8. The van der Waals surface area contributed by atoms with E-state index < -0.39 is 96.0 Å². The van der Waals surface area contributed by atoms with Crippen LogP contribution in [-0.4, -0.2) is 140 Å². The molecule has 79 heavy (non-hydrogen) atoms. The summed E-state index contributed by atoms with van der Waals surface area (Å²) in [6.07, 6.45) is -0.935. The first-order chi connectivity index (χ1) is 37.7. The first-order valence-corrected chi connectivity index (χ1v) is 25.8. The fourth-order valence-electron chi connectivity index (χ4n) is 8.42. The molecule has 1 saturated heterocycles. The molecule has 0 saturated carbocycles. The van der Waals surface area contributed by atoms with Gasteiger partial charge < -0.3 is 88.8 Å². The van der Waals surface area contributed by atoms with E-state index in [9.17, 15) is 38.4 Å². The monoisotopic (exact) mass is 1100 g/mol. The second-order valence-corrected chi connectivity index (χ2v) is 18.8. The highest BCUT2D eigenvalue weighted by Gasteiger charge is 2.36. The molecular weight excluding hydrogens is 1020 g/mol. The number of nitrogens with one attached hydrogen (secondary N) is 7. The molecule has 3 aromatic carbocycles. The number of nitrogens with zero attached hydrogens (tertiary/aromatic N) is 4. The van der Waals surface area contributed by atoms with Gasteiger partial charge in [-0.05, 0) is 79.7 Å². The zero-order chi connectivity index (χ0) is 57.9. The van der Waals surface area contributed by atoms with Gasteiger partial charge in [0.15, 0.2) is 23.8 Å². The van der Waals surface area contributed by atoms with Crippen LogP contribution in [0.1, 0.15) is 75.3 Å². The Kier molecular flexibility index (Phi) is 25.5. The number of carbonyl (C=O) groups excluding carboxylic acids is 8. The van der Waals surface area contributed by atoms with Crippen molar-refractivity contribution in [2.45, 2.75) is 119 Å². The largest absolute Gasteiger partial charge is 0.370 e. The Bertz CT molecular complexity index is 2690. The molecule has 0 radical (unpaired) electrons. The maximum absolute atomic E-state index is 14.9. The Morgan fingerprint density at radius 2 is 0.658 bits per heavy atom. The second kappa shape index (κ2) is 32.4. The Morgan fingerprint density at radius 3 is 1.01 bits per heavy atom. The van der Waals surface area contributed by atoms with Crippen LogP contribution in [0.3, 0.4) is 0 Å². The number of carbonyl (C=O) groups is 8. The number of primary amides is 1. The quantitative estimate of drug-likeness (QED) is 0.0242. The van der Waals surface area contributed by atoms with Crippen LogP contribution < -0.4 is 88.8 Å². The van der Waals surface area contributed by atoms with Gasteiger partial charge in [0.1, 0.15) is 42.3 Å². The van der Waals surface area contributed by atoms with Crippen molar-refractivity contribution < 1.29 is 38.4 Å². The first kappa shape index (κ1) is 62.3. The van der Waals surface area contributed by atoms with Crippen LogP contribution in [0.15, 0.2) is 92.8 Å². The molecule has 0 aromatic heterocycles. The molecule has 1 fully saturated rings. The SMILES string of the molecule is NC(=O)CC[C@@H]1NC(=O)[C@@H](CCCN=C(N)N)NC(=O)[C@H](CCCN=C(N)N)NC(=O)[C@@H](CCCN=C(N)N)NC(=O)[C@H](CCCN=C(N)N)NC(=O)[C@H](Cc2ccc3ccccc3c2)NC(=O)[C@@H](Cc2ccccc2)NC1=O. The summed E-state index contributed by atoms with van der Waals surface area (Å²) in [5.41, 5.74) is 51.3. The summed E-state index contributed by atoms with van der Waals surface area (Å²) in [6.45, 7) is 0.0922. The van der Waals surface area contributed by atoms with Crippen molar-refractivity contribution in [3.8, 4) is 0 Å². The number of fused-ring (bicyclic) bond motifs is 1. The smallest absolute Gasteiger partial charge is 0.243 e. The summed E-state index contributed by atoms with van der Waals surface area (Å²) in [4.78, 5) is 131. The third-order valence-corrected chi connectivity index (χ3v) is 12.4. The van der Waals surface area contributed by atoms with Gasteiger partial charge in [0, 0.05) is 45.4 Å². The average Bonchev–Trinajstić information content (AvgIpc) is 3.39. The van der Waals surface area contributed by atoms with Gasteiger partial charge in [0.2, 0.25) is 47.3 Å². The van der Waals surface area contributed by atoms with Crippen molar-refractivity contribution in [2.75, 3.05) is 26.2 Å². The van der Waals surface area contributed by atoms with Gasteiger partial charge in [-0.1, -0.05) is 72.8 Å². The van der Waals surface area contributed by atoms with Gasteiger partial charge >= 0.3 is 0 Å². The van der Waals surface area contributed by atoms with Crippen LogP contribution in [0.5, 0.6) is 0 Å². The van der Waals surface area contributed by atoms with Crippen LogP contribution >= 0.6 is 0 Å². The molecule has 7 atom stereocenters. The summed E-state index contributed by atoms with van der Waals surface area (Å²) >= 11 is 0. The summed E-state index contributed by atoms with van der Waals surface area (Å²) in [6, 6.07) is 11.5. The lowest BCUT2D eigenvalue weighted by atomic mass is 9.99. The minimum absolute atomic E-state index is 0.0122. The highest BCUT2D eigenvalue weighted by Crippen LogP contribution is 2.18. The lowest BCUT2D eigenvalue weighted by molar-refractivity contribution is -0.135. The lowest BCUT2D eigenvalue weighted by Crippen LogP contribution is -2.60. The van der Waals surface area contributed by atoms with Crippen LogP contribution in [0.4, 0.5) is 0 Å². The molecule has 428 valence electrons. The van der Waals surface area contributed by atoms with Gasteiger partial charge in [0.05, 0.1) is 0 Å². The predicted octanol–water partition coefficient (Wildman–Crippen LogP) is -4.49. The molecule has 3 aromatic rings. The van der Waals surface area contributed by atoms with Crippen LogP contribution in [-0.2, 0) is 51.2 Å². The normalized spacial score (nSPS) is 20.7. The van der Waals surface area contributed by atoms with Gasteiger partial charge in [0.25, 0.3) is 0 Å². The zero-order valence-electron chi connectivity index (χ0n) is 44.0. The van der Waals surface area contributed by atoms with Crippen molar-refractivity contribution in [3.05, 3.63) is 83.9 Å². The standard InChI is InChI=1S/C51H76N20O8/c52-40(72)21-20-37-45(77)70-38(27-29-10-2-1-3-11-29)47(79)71-39(28-30-18-19-31-12-4-5-13-32(31)26-30)46(78)68-36(17-9-25-64-51(59)60)43(75)66-34(15-7-23-62-49(55)56)41(73)65-33(14-6-22-61-48(53)54)42(74)67-35(44(76)69-37)16-8-24-63-50(57)58/h1-5,10-13,18-19,26,33-39H,6-9,14-17,20-25,27-28H2,(H2,52,72)(H,65,73)(H,66,75)(H,67,74)(H,68,78)(H,69,76)(H,70,77)(H,71,79)(H4,53,54,61)(H4,55,56,62)(H4,57,58,63)(H4,59,60,64)/t33-,34+,35+,36-,37-,38+,39-/m0/s1. The van der Waals surface area contributed by atoms with E-state index >= 15 is 0 Å². The average molecular weight is 1100 g/mol. The predicted molar refractivity (Wildman–Crippen MR) is 299 cm³/mol. The Morgan fingerprint density at radius 1 is 0.354 bits per heavy atom. The maximum atomic E-state index is 14.9. The molecule has 0 spiro atoms. The van der Waals surface area contributed by atoms with E-state index in [4.69, 9.17) is 51.6 Å². The lowest BCUT2D eigenvalue weighted by Gasteiger charge is -2.28. The number of hydrogen-bond donors (Lipinski definition) is 16. The molecule has 1 heterocycles. The summed E-state index contributed by atoms with van der Waals surface area (Å²) in [5, 5.41) is 20.7. The van der Waals surface area contributed by atoms with E-state index in [-0.39, 0.29) is 121 Å². The molecule has 1 aliphatic rings. The Labute approximate surface area is 457 Å². The number of amides is 8. The van der Waals surface area contributed by atoms with Gasteiger partial charge in [-0.2, -0.15) is 0 Å². The number of nitrogens with two attached hydrogens (primary N) is 9. The Balaban J connectivity index is 1.92. The molecule has 25 N–H and O–H groups in total. The molecular formula is C51H76N20O8. The zero-order valence-corrected chi connectivity index (χ0v) is 44.0. The Hall–Kier alpha value is -9.24. The number of rotatable bonds is 23. The van der Waals surface area contributed by atoms with E-state index in [1.54, 1.807) is 36.4 Å². The third kappa shape index (κ3) is 22.9. The van der Waals surface area contributed by atoms with Gasteiger partial charge in [-0.15, -0.1) is 0 Å². The van der Waals surface area contributed by atoms with E-state index in [0.717, 1.165) is 10.8 Å². The van der Waals surface area contributed by atoms with Crippen LogP contribution in [0, 0.1) is 0 Å². The maximum Gasteiger partial charge on any atom is 0.243 e. The van der Waals surface area contributed by atoms with Crippen molar-refractivity contribution in [1.82, 2.24) is 37.2 Å². The van der Waals surface area contributed by atoms with E-state index in [1.807, 2.05) is 36.4 Å². The first-order valence-electron chi connectivity index (χ1n) is 25.8. The van der Waals surface area contributed by atoms with E-state index in [0.29, 0.717) is 11.1 Å². The minimum Gasteiger partial charge on any atom is -0.370 e. The minimum atomic E-state index is -1.54. The summed E-state index contributed by atoms with van der Waals surface area (Å²) in [7, 11) is 0.